The lowest BCUT2D eigenvalue weighted by Crippen LogP contribution is -2.46. The minimum atomic E-state index is -0.765. The largest absolute Gasteiger partial charge is 0.481 e. The molecule has 0 aromatic rings. The van der Waals surface area contributed by atoms with Gasteiger partial charge in [-0.1, -0.05) is 19.3 Å². The first-order chi connectivity index (χ1) is 9.55. The third-order valence-corrected chi connectivity index (χ3v) is 4.97. The van der Waals surface area contributed by atoms with Crippen molar-refractivity contribution in [3.8, 4) is 0 Å². The summed E-state index contributed by atoms with van der Waals surface area (Å²) < 4.78 is 5.05. The number of carbonyl (C=O) groups excluding carboxylic acids is 1. The highest BCUT2D eigenvalue weighted by atomic mass is 16.5. The molecule has 0 atom stereocenters. The monoisotopic (exact) mass is 283 g/mol. The Bertz CT molecular complexity index is 370. The molecule has 0 radical (unpaired) electrons. The van der Waals surface area contributed by atoms with Crippen LogP contribution in [0.4, 0.5) is 0 Å². The van der Waals surface area contributed by atoms with Gasteiger partial charge in [0.1, 0.15) is 0 Å². The van der Waals surface area contributed by atoms with Crippen LogP contribution in [0.5, 0.6) is 0 Å². The zero-order valence-corrected chi connectivity index (χ0v) is 12.2. The van der Waals surface area contributed by atoms with Gasteiger partial charge in [-0.05, 0) is 32.1 Å². The quantitative estimate of drug-likeness (QED) is 0.749. The van der Waals surface area contributed by atoms with Gasteiger partial charge in [0, 0.05) is 20.3 Å². The molecule has 5 heteroatoms. The van der Waals surface area contributed by atoms with Gasteiger partial charge in [0.25, 0.3) is 0 Å². The van der Waals surface area contributed by atoms with E-state index in [2.05, 4.69) is 5.32 Å². The maximum absolute atomic E-state index is 12.3. The predicted octanol–water partition coefficient (Wildman–Crippen LogP) is 1.95. The molecule has 20 heavy (non-hydrogen) atoms. The van der Waals surface area contributed by atoms with Crippen LogP contribution in [0.25, 0.3) is 0 Å². The lowest BCUT2D eigenvalue weighted by molar-refractivity contribution is -0.151. The summed E-state index contributed by atoms with van der Waals surface area (Å²) in [7, 11) is 1.63. The summed E-state index contributed by atoms with van der Waals surface area (Å²) in [5, 5.41) is 12.4. The minimum Gasteiger partial charge on any atom is -0.481 e. The van der Waals surface area contributed by atoms with Crippen LogP contribution in [0.1, 0.15) is 51.4 Å². The van der Waals surface area contributed by atoms with E-state index in [1.165, 1.54) is 0 Å². The molecule has 2 saturated carbocycles. The van der Waals surface area contributed by atoms with E-state index in [-0.39, 0.29) is 17.9 Å². The highest BCUT2D eigenvalue weighted by molar-refractivity contribution is 5.86. The molecule has 114 valence electrons. The number of ether oxygens (including phenoxy) is 1. The Morgan fingerprint density at radius 2 is 1.75 bits per heavy atom. The molecular formula is C15H25NO4. The molecule has 0 aromatic heterocycles. The zero-order chi connectivity index (χ0) is 14.6. The van der Waals surface area contributed by atoms with E-state index in [0.717, 1.165) is 38.5 Å². The number of methoxy groups -OCH3 is 1. The van der Waals surface area contributed by atoms with Crippen LogP contribution in [0.3, 0.4) is 0 Å². The second kappa shape index (κ2) is 6.12. The van der Waals surface area contributed by atoms with Gasteiger partial charge in [0.15, 0.2) is 0 Å². The molecule has 1 amide bonds. The van der Waals surface area contributed by atoms with Crippen LogP contribution in [0.2, 0.25) is 0 Å². The van der Waals surface area contributed by atoms with Crippen molar-refractivity contribution in [3.05, 3.63) is 0 Å². The Morgan fingerprint density at radius 3 is 2.25 bits per heavy atom. The van der Waals surface area contributed by atoms with Crippen LogP contribution >= 0.6 is 0 Å². The summed E-state index contributed by atoms with van der Waals surface area (Å²) in [6, 6.07) is 0. The second-order valence-corrected chi connectivity index (χ2v) is 6.35. The average molecular weight is 283 g/mol. The maximum atomic E-state index is 12.3. The average Bonchev–Trinajstić information content (AvgIpc) is 3.24. The predicted molar refractivity (Wildman–Crippen MR) is 74.3 cm³/mol. The summed E-state index contributed by atoms with van der Waals surface area (Å²) in [6.07, 6.45) is 6.84. The van der Waals surface area contributed by atoms with Crippen LogP contribution < -0.4 is 5.32 Å². The maximum Gasteiger partial charge on any atom is 0.311 e. The number of carboxylic acids is 1. The third-order valence-electron chi connectivity index (χ3n) is 4.97. The van der Waals surface area contributed by atoms with Crippen molar-refractivity contribution in [2.24, 2.45) is 10.8 Å². The fourth-order valence-electron chi connectivity index (χ4n) is 3.17. The highest BCUT2D eigenvalue weighted by Gasteiger charge is 2.50. The van der Waals surface area contributed by atoms with Crippen molar-refractivity contribution in [2.75, 3.05) is 20.3 Å². The summed E-state index contributed by atoms with van der Waals surface area (Å²) >= 11 is 0. The van der Waals surface area contributed by atoms with Crippen LogP contribution in [-0.2, 0) is 14.3 Å². The van der Waals surface area contributed by atoms with E-state index in [4.69, 9.17) is 4.74 Å². The number of hydrogen-bond donors (Lipinski definition) is 2. The van der Waals surface area contributed by atoms with Crippen molar-refractivity contribution in [2.45, 2.75) is 51.4 Å². The van der Waals surface area contributed by atoms with E-state index in [9.17, 15) is 14.7 Å². The molecule has 2 fully saturated rings. The fraction of sp³-hybridized carbons (Fsp3) is 0.867. The molecule has 0 bridgehead atoms. The number of carboxylic acid groups (broad SMARTS) is 1. The number of nitrogens with one attached hydrogen (secondary N) is 1. The van der Waals surface area contributed by atoms with Crippen molar-refractivity contribution in [3.63, 3.8) is 0 Å². The Kier molecular flexibility index (Phi) is 4.68. The summed E-state index contributed by atoms with van der Waals surface area (Å²) in [5.41, 5.74) is -1.03. The van der Waals surface area contributed by atoms with Crippen molar-refractivity contribution in [1.29, 1.82) is 0 Å². The first-order valence-corrected chi connectivity index (χ1v) is 7.55. The van der Waals surface area contributed by atoms with E-state index >= 15 is 0 Å². The van der Waals surface area contributed by atoms with E-state index in [1.54, 1.807) is 7.11 Å². The Labute approximate surface area is 120 Å². The molecule has 0 heterocycles. The van der Waals surface area contributed by atoms with Gasteiger partial charge in [-0.3, -0.25) is 9.59 Å². The molecule has 0 spiro atoms. The molecule has 2 rings (SSSR count). The molecule has 0 unspecified atom stereocenters. The van der Waals surface area contributed by atoms with Crippen molar-refractivity contribution in [1.82, 2.24) is 5.32 Å². The van der Waals surface area contributed by atoms with Gasteiger partial charge in [-0.15, -0.1) is 0 Å². The first-order valence-electron chi connectivity index (χ1n) is 7.55. The Balaban J connectivity index is 1.89. The van der Waals surface area contributed by atoms with Crippen LogP contribution in [-0.4, -0.2) is 37.2 Å². The normalized spacial score (nSPS) is 23.1. The first kappa shape index (κ1) is 15.3. The molecule has 0 saturated heterocycles. The zero-order valence-electron chi connectivity index (χ0n) is 12.2. The van der Waals surface area contributed by atoms with Gasteiger partial charge in [-0.2, -0.15) is 0 Å². The number of aliphatic carboxylic acids is 1. The lowest BCUT2D eigenvalue weighted by Gasteiger charge is -2.33. The van der Waals surface area contributed by atoms with E-state index < -0.39 is 11.4 Å². The summed E-state index contributed by atoms with van der Waals surface area (Å²) in [6.45, 7) is 0.855. The smallest absolute Gasteiger partial charge is 0.311 e. The highest BCUT2D eigenvalue weighted by Crippen LogP contribution is 2.49. The molecular weight excluding hydrogens is 258 g/mol. The molecule has 0 aromatic carbocycles. The minimum absolute atomic E-state index is 0.0146. The van der Waals surface area contributed by atoms with Crippen LogP contribution in [0, 0.1) is 10.8 Å². The molecule has 5 nitrogen and oxygen atoms in total. The van der Waals surface area contributed by atoms with E-state index in [0.29, 0.717) is 19.4 Å². The lowest BCUT2D eigenvalue weighted by atomic mass is 9.74. The van der Waals surface area contributed by atoms with Gasteiger partial charge < -0.3 is 15.2 Å². The molecule has 2 aliphatic rings. The van der Waals surface area contributed by atoms with Crippen molar-refractivity contribution >= 4 is 11.9 Å². The Morgan fingerprint density at radius 1 is 1.10 bits per heavy atom. The third kappa shape index (κ3) is 3.14. The summed E-state index contributed by atoms with van der Waals surface area (Å²) in [4.78, 5) is 23.8. The van der Waals surface area contributed by atoms with Gasteiger partial charge >= 0.3 is 5.97 Å². The second-order valence-electron chi connectivity index (χ2n) is 6.35. The number of amides is 1. The molecule has 2 aliphatic carbocycles. The molecule has 2 N–H and O–H groups in total. The number of carbonyl (C=O) groups is 2. The fourth-order valence-corrected chi connectivity index (χ4v) is 3.17. The van der Waals surface area contributed by atoms with Gasteiger partial charge in [0.05, 0.1) is 10.8 Å². The number of hydrogen-bond acceptors (Lipinski definition) is 3. The number of rotatable bonds is 7. The Hall–Kier alpha value is -1.10. The van der Waals surface area contributed by atoms with Gasteiger partial charge in [-0.25, -0.2) is 0 Å². The molecule has 0 aliphatic heterocycles. The van der Waals surface area contributed by atoms with Gasteiger partial charge in [0.2, 0.25) is 5.91 Å². The van der Waals surface area contributed by atoms with Crippen LogP contribution in [0.15, 0.2) is 0 Å². The van der Waals surface area contributed by atoms with E-state index in [1.807, 2.05) is 0 Å². The standard InChI is InChI=1S/C15H25NO4/c1-20-10-9-14(7-8-14)12(17)16-11-15(13(18)19)5-3-2-4-6-15/h2-11H2,1H3,(H,16,17)(H,18,19). The summed E-state index contributed by atoms with van der Waals surface area (Å²) in [5.74, 6) is -0.750. The topological polar surface area (TPSA) is 75.6 Å². The van der Waals surface area contributed by atoms with Crippen molar-refractivity contribution < 1.29 is 19.4 Å². The SMILES string of the molecule is COCCC1(C(=O)NCC2(C(=O)O)CCCCC2)CC1.